The highest BCUT2D eigenvalue weighted by atomic mass is 35.5. The van der Waals surface area contributed by atoms with Crippen LogP contribution in [-0.2, 0) is 6.61 Å². The van der Waals surface area contributed by atoms with Gasteiger partial charge in [0.1, 0.15) is 11.6 Å². The molecule has 2 N–H and O–H groups in total. The molecule has 2 aromatic carbocycles. The lowest BCUT2D eigenvalue weighted by Gasteiger charge is -2.12. The van der Waals surface area contributed by atoms with Crippen LogP contribution in [0.3, 0.4) is 0 Å². The summed E-state index contributed by atoms with van der Waals surface area (Å²) in [5.74, 6) is 1.20. The van der Waals surface area contributed by atoms with E-state index in [-0.39, 0.29) is 0 Å². The maximum atomic E-state index is 6.09. The first-order valence-electron chi connectivity index (χ1n) is 5.96. The number of benzene rings is 2. The van der Waals surface area contributed by atoms with E-state index >= 15 is 0 Å². The third kappa shape index (κ3) is 3.40. The molecule has 0 amide bonds. The molecule has 0 saturated heterocycles. The summed E-state index contributed by atoms with van der Waals surface area (Å²) in [5.41, 5.74) is 7.25. The lowest BCUT2D eigenvalue weighted by atomic mass is 10.2. The average Bonchev–Trinajstić information content (AvgIpc) is 2.46. The molecule has 5 heteroatoms. The molecular formula is C15H14ClNO2S. The second-order valence-corrected chi connectivity index (χ2v) is 4.96. The smallest absolute Gasteiger partial charge is 0.162 e. The van der Waals surface area contributed by atoms with Crippen LogP contribution in [0.2, 0.25) is 5.02 Å². The normalized spacial score (nSPS) is 10.1. The van der Waals surface area contributed by atoms with E-state index in [1.807, 2.05) is 24.3 Å². The van der Waals surface area contributed by atoms with Crippen LogP contribution in [0.15, 0.2) is 42.5 Å². The molecule has 2 rings (SSSR count). The first-order chi connectivity index (χ1) is 9.61. The van der Waals surface area contributed by atoms with E-state index in [1.54, 1.807) is 25.3 Å². The molecule has 0 radical (unpaired) electrons. The molecule has 0 aliphatic rings. The molecule has 0 saturated carbocycles. The number of halogens is 1. The summed E-state index contributed by atoms with van der Waals surface area (Å²) in [4.78, 5) is 0.315. The summed E-state index contributed by atoms with van der Waals surface area (Å²) in [7, 11) is 1.58. The molecule has 0 aliphatic heterocycles. The van der Waals surface area contributed by atoms with Crippen molar-refractivity contribution < 1.29 is 9.47 Å². The number of rotatable bonds is 5. The lowest BCUT2D eigenvalue weighted by molar-refractivity contribution is 0.284. The molecule has 0 fully saturated rings. The van der Waals surface area contributed by atoms with Gasteiger partial charge in [0, 0.05) is 16.1 Å². The fourth-order valence-corrected chi connectivity index (χ4v) is 2.03. The van der Waals surface area contributed by atoms with Crippen LogP contribution in [0.25, 0.3) is 0 Å². The summed E-state index contributed by atoms with van der Waals surface area (Å²) in [5, 5.41) is 0.664. The van der Waals surface area contributed by atoms with Crippen molar-refractivity contribution >= 4 is 28.8 Å². The van der Waals surface area contributed by atoms with E-state index in [0.29, 0.717) is 28.1 Å². The molecular weight excluding hydrogens is 294 g/mol. The van der Waals surface area contributed by atoms with E-state index in [0.717, 1.165) is 11.1 Å². The molecule has 104 valence electrons. The topological polar surface area (TPSA) is 44.5 Å². The van der Waals surface area contributed by atoms with Gasteiger partial charge in [0.05, 0.1) is 7.11 Å². The summed E-state index contributed by atoms with van der Waals surface area (Å²) >= 11 is 11.1. The number of hydrogen-bond acceptors (Lipinski definition) is 3. The monoisotopic (exact) mass is 307 g/mol. The van der Waals surface area contributed by atoms with Crippen LogP contribution in [0.1, 0.15) is 11.1 Å². The molecule has 0 spiro atoms. The predicted molar refractivity (Wildman–Crippen MR) is 84.7 cm³/mol. The van der Waals surface area contributed by atoms with Crippen LogP contribution < -0.4 is 15.2 Å². The van der Waals surface area contributed by atoms with Crippen LogP contribution in [-0.4, -0.2) is 12.1 Å². The van der Waals surface area contributed by atoms with Crippen molar-refractivity contribution in [3.8, 4) is 11.5 Å². The minimum Gasteiger partial charge on any atom is -0.493 e. The van der Waals surface area contributed by atoms with Gasteiger partial charge in [0.25, 0.3) is 0 Å². The van der Waals surface area contributed by atoms with Gasteiger partial charge >= 0.3 is 0 Å². The maximum absolute atomic E-state index is 6.09. The molecule has 2 aromatic rings. The second-order valence-electron chi connectivity index (χ2n) is 4.11. The van der Waals surface area contributed by atoms with Gasteiger partial charge in [-0.1, -0.05) is 42.0 Å². The number of methoxy groups -OCH3 is 1. The van der Waals surface area contributed by atoms with Gasteiger partial charge < -0.3 is 15.2 Å². The van der Waals surface area contributed by atoms with E-state index in [9.17, 15) is 0 Å². The van der Waals surface area contributed by atoms with Crippen molar-refractivity contribution in [2.75, 3.05) is 7.11 Å². The van der Waals surface area contributed by atoms with E-state index in [1.165, 1.54) is 0 Å². The third-order valence-corrected chi connectivity index (χ3v) is 3.39. The molecule has 0 atom stereocenters. The molecule has 0 aromatic heterocycles. The Bertz CT molecular complexity index is 631. The third-order valence-electron chi connectivity index (χ3n) is 2.79. The molecule has 20 heavy (non-hydrogen) atoms. The van der Waals surface area contributed by atoms with Gasteiger partial charge in [-0.3, -0.25) is 0 Å². The van der Waals surface area contributed by atoms with Crippen molar-refractivity contribution in [3.63, 3.8) is 0 Å². The summed E-state index contributed by atoms with van der Waals surface area (Å²) in [6.07, 6.45) is 0. The first kappa shape index (κ1) is 14.6. The number of nitrogens with two attached hydrogens (primary N) is 1. The van der Waals surface area contributed by atoms with Gasteiger partial charge in [0.15, 0.2) is 11.5 Å². The summed E-state index contributed by atoms with van der Waals surface area (Å²) < 4.78 is 11.0. The Kier molecular flexibility index (Phi) is 4.82. The fourth-order valence-electron chi connectivity index (χ4n) is 1.71. The van der Waals surface area contributed by atoms with Crippen molar-refractivity contribution in [1.29, 1.82) is 0 Å². The summed E-state index contributed by atoms with van der Waals surface area (Å²) in [6, 6.07) is 12.8. The van der Waals surface area contributed by atoms with Crippen molar-refractivity contribution in [2.45, 2.75) is 6.61 Å². The first-order valence-corrected chi connectivity index (χ1v) is 6.74. The highest BCUT2D eigenvalue weighted by Gasteiger charge is 2.08. The van der Waals surface area contributed by atoms with Gasteiger partial charge in [-0.2, -0.15) is 0 Å². The van der Waals surface area contributed by atoms with Gasteiger partial charge in [-0.25, -0.2) is 0 Å². The molecule has 0 unspecified atom stereocenters. The maximum Gasteiger partial charge on any atom is 0.162 e. The van der Waals surface area contributed by atoms with Crippen molar-refractivity contribution in [3.05, 3.63) is 58.6 Å². The lowest BCUT2D eigenvalue weighted by Crippen LogP contribution is -2.09. The Morgan fingerprint density at radius 2 is 1.95 bits per heavy atom. The van der Waals surface area contributed by atoms with Crippen LogP contribution in [0.4, 0.5) is 0 Å². The Balaban J connectivity index is 2.22. The average molecular weight is 308 g/mol. The predicted octanol–water partition coefficient (Wildman–Crippen LogP) is 3.56. The van der Waals surface area contributed by atoms with Crippen molar-refractivity contribution in [1.82, 2.24) is 0 Å². The second kappa shape index (κ2) is 6.59. The van der Waals surface area contributed by atoms with E-state index in [4.69, 9.17) is 39.0 Å². The minimum absolute atomic E-state index is 0.315. The fraction of sp³-hybridized carbons (Fsp3) is 0.133. The molecule has 0 heterocycles. The van der Waals surface area contributed by atoms with Gasteiger partial charge in [-0.05, 0) is 24.3 Å². The Morgan fingerprint density at radius 3 is 2.60 bits per heavy atom. The molecule has 0 bridgehead atoms. The standard InChI is InChI=1S/C15H14ClNO2S/c1-18-13-7-6-10(15(17)20)8-14(13)19-9-11-4-2-3-5-12(11)16/h2-8H,9H2,1H3,(H2,17,20). The van der Waals surface area contributed by atoms with Crippen LogP contribution in [0, 0.1) is 0 Å². The molecule has 3 nitrogen and oxygen atoms in total. The highest BCUT2D eigenvalue weighted by Crippen LogP contribution is 2.29. The number of ether oxygens (including phenoxy) is 2. The highest BCUT2D eigenvalue weighted by molar-refractivity contribution is 7.80. The molecule has 0 aliphatic carbocycles. The van der Waals surface area contributed by atoms with Crippen LogP contribution >= 0.6 is 23.8 Å². The zero-order valence-electron chi connectivity index (χ0n) is 10.9. The zero-order valence-corrected chi connectivity index (χ0v) is 12.5. The Hall–Kier alpha value is -1.78. The zero-order chi connectivity index (χ0) is 14.5. The number of thiocarbonyl (C=S) groups is 1. The SMILES string of the molecule is COc1ccc(C(N)=S)cc1OCc1ccccc1Cl. The Labute approximate surface area is 128 Å². The summed E-state index contributed by atoms with van der Waals surface area (Å²) in [6.45, 7) is 0.344. The minimum atomic E-state index is 0.315. The Morgan fingerprint density at radius 1 is 1.20 bits per heavy atom. The van der Waals surface area contributed by atoms with Gasteiger partial charge in [-0.15, -0.1) is 0 Å². The van der Waals surface area contributed by atoms with E-state index in [2.05, 4.69) is 0 Å². The van der Waals surface area contributed by atoms with Crippen molar-refractivity contribution in [2.24, 2.45) is 5.73 Å². The largest absolute Gasteiger partial charge is 0.493 e. The van der Waals surface area contributed by atoms with Gasteiger partial charge in [0.2, 0.25) is 0 Å². The number of hydrogen-bond donors (Lipinski definition) is 1. The van der Waals surface area contributed by atoms with Crippen LogP contribution in [0.5, 0.6) is 11.5 Å². The van der Waals surface area contributed by atoms with E-state index < -0.39 is 0 Å². The quantitative estimate of drug-likeness (QED) is 0.858.